The summed E-state index contributed by atoms with van der Waals surface area (Å²) < 4.78 is 15.7. The lowest BCUT2D eigenvalue weighted by Gasteiger charge is -2.15. The summed E-state index contributed by atoms with van der Waals surface area (Å²) in [6, 6.07) is 16.4. The maximum Gasteiger partial charge on any atom is 0.232 e. The van der Waals surface area contributed by atoms with Gasteiger partial charge in [0.25, 0.3) is 0 Å². The first kappa shape index (κ1) is 18.8. The number of aromatic nitrogens is 2. The number of carbonyl (C=O) groups is 1. The fourth-order valence-electron chi connectivity index (χ4n) is 3.29. The van der Waals surface area contributed by atoms with E-state index in [9.17, 15) is 9.18 Å². The zero-order valence-electron chi connectivity index (χ0n) is 15.9. The first-order valence-corrected chi connectivity index (χ1v) is 9.14. The molecule has 0 aliphatic heterocycles. The third kappa shape index (κ3) is 4.08. The monoisotopic (exact) mass is 365 g/mol. The first-order chi connectivity index (χ1) is 13.0. The molecule has 0 saturated heterocycles. The molecule has 0 aliphatic rings. The van der Waals surface area contributed by atoms with Crippen molar-refractivity contribution < 1.29 is 9.18 Å². The van der Waals surface area contributed by atoms with E-state index < -0.39 is 0 Å². The zero-order valence-corrected chi connectivity index (χ0v) is 15.9. The number of rotatable bonds is 6. The predicted octanol–water partition coefficient (Wildman–Crippen LogP) is 4.82. The summed E-state index contributed by atoms with van der Waals surface area (Å²) in [5.41, 5.74) is 3.79. The number of hydrogen-bond acceptors (Lipinski definition) is 2. The van der Waals surface area contributed by atoms with Gasteiger partial charge in [0.05, 0.1) is 29.5 Å². The Balaban J connectivity index is 1.82. The fraction of sp³-hybridized carbons (Fsp3) is 0.273. The molecule has 5 heteroatoms. The Morgan fingerprint density at radius 2 is 1.78 bits per heavy atom. The summed E-state index contributed by atoms with van der Waals surface area (Å²) in [6.07, 6.45) is 0.706. The van der Waals surface area contributed by atoms with Crippen molar-refractivity contribution in [2.45, 2.75) is 39.7 Å². The van der Waals surface area contributed by atoms with Gasteiger partial charge >= 0.3 is 0 Å². The highest BCUT2D eigenvalue weighted by molar-refractivity contribution is 5.96. The molecule has 0 saturated carbocycles. The SMILES string of the molecule is CCC(C(=O)Nc1c(C)nn(Cc2ccccc2F)c1C)c1ccccc1. The topological polar surface area (TPSA) is 46.9 Å². The normalized spacial score (nSPS) is 12.0. The Morgan fingerprint density at radius 1 is 1.11 bits per heavy atom. The second-order valence-corrected chi connectivity index (χ2v) is 6.66. The minimum Gasteiger partial charge on any atom is -0.322 e. The number of anilines is 1. The molecule has 3 aromatic rings. The van der Waals surface area contributed by atoms with Gasteiger partial charge in [0.15, 0.2) is 0 Å². The summed E-state index contributed by atoms with van der Waals surface area (Å²) in [5.74, 6) is -0.536. The van der Waals surface area contributed by atoms with E-state index in [2.05, 4.69) is 10.4 Å². The van der Waals surface area contributed by atoms with E-state index in [0.717, 1.165) is 17.0 Å². The van der Waals surface area contributed by atoms with Crippen molar-refractivity contribution in [1.29, 1.82) is 0 Å². The van der Waals surface area contributed by atoms with E-state index in [-0.39, 0.29) is 17.6 Å². The molecule has 1 aromatic heterocycles. The molecular formula is C22H24FN3O. The second kappa shape index (κ2) is 8.16. The molecule has 0 bridgehead atoms. The molecule has 4 nitrogen and oxygen atoms in total. The van der Waals surface area contributed by atoms with Gasteiger partial charge in [-0.2, -0.15) is 5.10 Å². The molecule has 0 radical (unpaired) electrons. The molecule has 3 rings (SSSR count). The van der Waals surface area contributed by atoms with Gasteiger partial charge in [-0.05, 0) is 31.9 Å². The van der Waals surface area contributed by atoms with Crippen molar-refractivity contribution in [2.75, 3.05) is 5.32 Å². The van der Waals surface area contributed by atoms with Gasteiger partial charge in [-0.15, -0.1) is 0 Å². The molecule has 1 atom stereocenters. The van der Waals surface area contributed by atoms with Gasteiger partial charge in [-0.25, -0.2) is 4.39 Å². The number of amides is 1. The van der Waals surface area contributed by atoms with Crippen LogP contribution in [-0.4, -0.2) is 15.7 Å². The van der Waals surface area contributed by atoms with E-state index in [1.807, 2.05) is 51.1 Å². The quantitative estimate of drug-likeness (QED) is 0.681. The minimum atomic E-state index is -0.259. The third-order valence-electron chi connectivity index (χ3n) is 4.83. The predicted molar refractivity (Wildman–Crippen MR) is 105 cm³/mol. The lowest BCUT2D eigenvalue weighted by Crippen LogP contribution is -2.21. The van der Waals surface area contributed by atoms with E-state index in [1.54, 1.807) is 22.9 Å². The zero-order chi connectivity index (χ0) is 19.4. The molecule has 1 unspecified atom stereocenters. The number of carbonyl (C=O) groups excluding carboxylic acids is 1. The Morgan fingerprint density at radius 3 is 2.44 bits per heavy atom. The molecule has 1 N–H and O–H groups in total. The average Bonchev–Trinajstić information content (AvgIpc) is 2.92. The van der Waals surface area contributed by atoms with Gasteiger partial charge in [0.1, 0.15) is 5.82 Å². The summed E-state index contributed by atoms with van der Waals surface area (Å²) in [6.45, 7) is 6.06. The van der Waals surface area contributed by atoms with E-state index in [4.69, 9.17) is 0 Å². The number of aryl methyl sites for hydroxylation is 1. The van der Waals surface area contributed by atoms with Crippen molar-refractivity contribution in [3.8, 4) is 0 Å². The lowest BCUT2D eigenvalue weighted by molar-refractivity contribution is -0.117. The molecule has 27 heavy (non-hydrogen) atoms. The van der Waals surface area contributed by atoms with E-state index in [1.165, 1.54) is 6.07 Å². The standard InChI is InChI=1S/C22H24FN3O/c1-4-19(17-10-6-5-7-11-17)22(27)24-21-15(2)25-26(16(21)3)14-18-12-8-9-13-20(18)23/h5-13,19H,4,14H2,1-3H3,(H,24,27). The number of hydrogen-bond donors (Lipinski definition) is 1. The fourth-order valence-corrected chi connectivity index (χ4v) is 3.29. The van der Waals surface area contributed by atoms with Crippen LogP contribution in [0.3, 0.4) is 0 Å². The van der Waals surface area contributed by atoms with Crippen LogP contribution in [0.25, 0.3) is 0 Å². The summed E-state index contributed by atoms with van der Waals surface area (Å²) in [5, 5.41) is 7.53. The van der Waals surface area contributed by atoms with Crippen LogP contribution < -0.4 is 5.32 Å². The van der Waals surface area contributed by atoms with E-state index >= 15 is 0 Å². The van der Waals surface area contributed by atoms with Crippen LogP contribution in [0.15, 0.2) is 54.6 Å². The number of halogens is 1. The Labute approximate surface area is 159 Å². The molecular weight excluding hydrogens is 341 g/mol. The molecule has 0 aliphatic carbocycles. The molecule has 0 spiro atoms. The smallest absolute Gasteiger partial charge is 0.232 e. The van der Waals surface area contributed by atoms with Crippen molar-refractivity contribution in [2.24, 2.45) is 0 Å². The molecule has 1 amide bonds. The van der Waals surface area contributed by atoms with Crippen molar-refractivity contribution in [3.63, 3.8) is 0 Å². The summed E-state index contributed by atoms with van der Waals surface area (Å²) in [7, 11) is 0. The third-order valence-corrected chi connectivity index (χ3v) is 4.83. The average molecular weight is 365 g/mol. The van der Waals surface area contributed by atoms with Crippen LogP contribution in [0, 0.1) is 19.7 Å². The molecule has 140 valence electrons. The van der Waals surface area contributed by atoms with Crippen LogP contribution in [0.1, 0.15) is 41.8 Å². The van der Waals surface area contributed by atoms with Crippen LogP contribution in [0.4, 0.5) is 10.1 Å². The van der Waals surface area contributed by atoms with Crippen molar-refractivity contribution in [1.82, 2.24) is 9.78 Å². The van der Waals surface area contributed by atoms with E-state index in [0.29, 0.717) is 24.2 Å². The highest BCUT2D eigenvalue weighted by Crippen LogP contribution is 2.25. The van der Waals surface area contributed by atoms with Crippen LogP contribution in [0.2, 0.25) is 0 Å². The first-order valence-electron chi connectivity index (χ1n) is 9.14. The minimum absolute atomic E-state index is 0.0552. The largest absolute Gasteiger partial charge is 0.322 e. The van der Waals surface area contributed by atoms with Crippen LogP contribution >= 0.6 is 0 Å². The summed E-state index contributed by atoms with van der Waals surface area (Å²) in [4.78, 5) is 12.9. The van der Waals surface area contributed by atoms with Crippen molar-refractivity contribution in [3.05, 3.63) is 82.9 Å². The van der Waals surface area contributed by atoms with Gasteiger partial charge in [0.2, 0.25) is 5.91 Å². The maximum absolute atomic E-state index is 14.0. The highest BCUT2D eigenvalue weighted by atomic mass is 19.1. The lowest BCUT2D eigenvalue weighted by atomic mass is 9.95. The molecule has 1 heterocycles. The molecule has 0 fully saturated rings. The van der Waals surface area contributed by atoms with Crippen LogP contribution in [0.5, 0.6) is 0 Å². The Bertz CT molecular complexity index is 934. The van der Waals surface area contributed by atoms with Gasteiger partial charge in [0, 0.05) is 5.56 Å². The van der Waals surface area contributed by atoms with Gasteiger partial charge in [-0.1, -0.05) is 55.5 Å². The number of nitrogens with zero attached hydrogens (tertiary/aromatic N) is 2. The van der Waals surface area contributed by atoms with Crippen LogP contribution in [-0.2, 0) is 11.3 Å². The van der Waals surface area contributed by atoms with Gasteiger partial charge < -0.3 is 5.32 Å². The second-order valence-electron chi connectivity index (χ2n) is 6.66. The Hall–Kier alpha value is -2.95. The maximum atomic E-state index is 14.0. The Kier molecular flexibility index (Phi) is 5.69. The molecule has 2 aromatic carbocycles. The number of benzene rings is 2. The number of nitrogens with one attached hydrogen (secondary N) is 1. The van der Waals surface area contributed by atoms with Gasteiger partial charge in [-0.3, -0.25) is 9.48 Å². The summed E-state index contributed by atoms with van der Waals surface area (Å²) >= 11 is 0. The highest BCUT2D eigenvalue weighted by Gasteiger charge is 2.22. The van der Waals surface area contributed by atoms with Crippen molar-refractivity contribution >= 4 is 11.6 Å².